The molecular weight excluding hydrogens is 482 g/mol. The molecule has 1 fully saturated rings. The van der Waals surface area contributed by atoms with E-state index in [1.54, 1.807) is 14.1 Å². The molecule has 0 aromatic heterocycles. The maximum Gasteiger partial charge on any atom is 0.433 e. The number of hydrogen-bond donors (Lipinski definition) is 1. The van der Waals surface area contributed by atoms with Crippen LogP contribution in [0.4, 0.5) is 42.5 Å². The van der Waals surface area contributed by atoms with Crippen LogP contribution < -0.4 is 15.0 Å². The fraction of sp³-hybridized carbons (Fsp3) is 0.364. The van der Waals surface area contributed by atoms with Crippen LogP contribution >= 0.6 is 0 Å². The molecule has 188 valence electrons. The van der Waals surface area contributed by atoms with Crippen molar-refractivity contribution in [2.75, 3.05) is 37.5 Å². The quantitative estimate of drug-likeness (QED) is 0.592. The van der Waals surface area contributed by atoms with Crippen molar-refractivity contribution < 1.29 is 40.6 Å². The Morgan fingerprint density at radius 3 is 2.37 bits per heavy atom. The van der Waals surface area contributed by atoms with Gasteiger partial charge in [0.1, 0.15) is 18.5 Å². The molecule has 2 unspecified atom stereocenters. The van der Waals surface area contributed by atoms with E-state index in [0.29, 0.717) is 16.7 Å². The Bertz CT molecular complexity index is 1100. The minimum Gasteiger partial charge on any atom is -0.491 e. The molecule has 35 heavy (non-hydrogen) atoms. The number of nitrogens with one attached hydrogen (secondary N) is 1. The van der Waals surface area contributed by atoms with E-state index in [-0.39, 0.29) is 24.1 Å². The predicted molar refractivity (Wildman–Crippen MR) is 113 cm³/mol. The normalized spacial score (nSPS) is 18.2. The van der Waals surface area contributed by atoms with Crippen molar-refractivity contribution in [1.29, 1.82) is 5.26 Å². The Labute approximate surface area is 196 Å². The zero-order chi connectivity index (χ0) is 26.0. The van der Waals surface area contributed by atoms with Crippen molar-refractivity contribution in [3.8, 4) is 11.8 Å². The lowest BCUT2D eigenvalue weighted by molar-refractivity contribution is -0.215. The van der Waals surface area contributed by atoms with Crippen molar-refractivity contribution in [3.63, 3.8) is 0 Å². The molecule has 0 bridgehead atoms. The monoisotopic (exact) mass is 502 g/mol. The number of carbonyl (C=O) groups excluding carboxylic acids is 1. The van der Waals surface area contributed by atoms with Crippen LogP contribution in [0.25, 0.3) is 0 Å². The summed E-state index contributed by atoms with van der Waals surface area (Å²) in [5.74, 6) is 0.288. The van der Waals surface area contributed by atoms with Crippen LogP contribution in [0.5, 0.6) is 5.75 Å². The van der Waals surface area contributed by atoms with Gasteiger partial charge in [0.05, 0.1) is 23.7 Å². The molecule has 1 N–H and O–H groups in total. The second-order valence-electron chi connectivity index (χ2n) is 7.80. The van der Waals surface area contributed by atoms with E-state index in [9.17, 15) is 31.1 Å². The lowest BCUT2D eigenvalue weighted by Gasteiger charge is -2.27. The molecule has 1 aliphatic rings. The highest BCUT2D eigenvalue weighted by Crippen LogP contribution is 2.39. The SMILES string of the molecule is CN(C)C(=O)Nc1ccc(OCC2CN(c3ccc(C#N)c(C(F)(F)F)c3)C(C(F)(F)F)O2)cc1. The summed E-state index contributed by atoms with van der Waals surface area (Å²) < 4.78 is 91.2. The summed E-state index contributed by atoms with van der Waals surface area (Å²) >= 11 is 0. The molecule has 2 atom stereocenters. The molecule has 0 aliphatic carbocycles. The van der Waals surface area contributed by atoms with Gasteiger partial charge in [-0.1, -0.05) is 0 Å². The summed E-state index contributed by atoms with van der Waals surface area (Å²) in [5.41, 5.74) is -1.95. The third-order valence-electron chi connectivity index (χ3n) is 4.99. The first-order chi connectivity index (χ1) is 16.3. The highest BCUT2D eigenvalue weighted by atomic mass is 19.4. The Kier molecular flexibility index (Phi) is 7.35. The fourth-order valence-corrected chi connectivity index (χ4v) is 3.30. The number of alkyl halides is 6. The van der Waals surface area contributed by atoms with Gasteiger partial charge < -0.3 is 24.6 Å². The Morgan fingerprint density at radius 2 is 1.83 bits per heavy atom. The van der Waals surface area contributed by atoms with E-state index in [1.165, 1.54) is 35.2 Å². The van der Waals surface area contributed by atoms with Gasteiger partial charge in [0.15, 0.2) is 0 Å². The molecule has 1 saturated heterocycles. The first-order valence-corrected chi connectivity index (χ1v) is 10.1. The molecule has 7 nitrogen and oxygen atoms in total. The molecule has 2 aromatic carbocycles. The van der Waals surface area contributed by atoms with Crippen molar-refractivity contribution in [2.24, 2.45) is 0 Å². The van der Waals surface area contributed by atoms with Gasteiger partial charge in [-0.25, -0.2) is 4.79 Å². The number of nitriles is 1. The van der Waals surface area contributed by atoms with Gasteiger partial charge in [-0.2, -0.15) is 31.6 Å². The highest BCUT2D eigenvalue weighted by molar-refractivity contribution is 5.88. The molecule has 0 saturated carbocycles. The third kappa shape index (κ3) is 6.27. The first-order valence-electron chi connectivity index (χ1n) is 10.1. The van der Waals surface area contributed by atoms with E-state index in [0.717, 1.165) is 12.1 Å². The zero-order valence-corrected chi connectivity index (χ0v) is 18.4. The Hall–Kier alpha value is -3.66. The van der Waals surface area contributed by atoms with E-state index >= 15 is 0 Å². The smallest absolute Gasteiger partial charge is 0.433 e. The van der Waals surface area contributed by atoms with Crippen LogP contribution in [0.3, 0.4) is 0 Å². The standard InChI is InChI=1S/C22H20F6N4O3/c1-31(2)20(33)30-14-4-7-16(8-5-14)34-12-17-11-32(19(35-17)22(26,27)28)15-6-3-13(10-29)18(9-15)21(23,24)25/h3-9,17,19H,11-12H2,1-2H3,(H,30,33). The highest BCUT2D eigenvalue weighted by Gasteiger charge is 2.51. The number of rotatable bonds is 5. The van der Waals surface area contributed by atoms with Gasteiger partial charge >= 0.3 is 18.4 Å². The molecule has 1 heterocycles. The average Bonchev–Trinajstić information content (AvgIpc) is 3.22. The van der Waals surface area contributed by atoms with Gasteiger partial charge in [0, 0.05) is 25.5 Å². The summed E-state index contributed by atoms with van der Waals surface area (Å²) in [6, 6.07) is 9.44. The lowest BCUT2D eigenvalue weighted by Crippen LogP contribution is -2.42. The second kappa shape index (κ2) is 9.91. The molecule has 2 amide bonds. The Balaban J connectivity index is 1.73. The summed E-state index contributed by atoms with van der Waals surface area (Å²) in [5, 5.41) is 11.5. The summed E-state index contributed by atoms with van der Waals surface area (Å²) in [4.78, 5) is 13.6. The van der Waals surface area contributed by atoms with Crippen LogP contribution in [-0.4, -0.2) is 56.7 Å². The first kappa shape index (κ1) is 26.0. The number of halogens is 6. The largest absolute Gasteiger partial charge is 0.491 e. The van der Waals surface area contributed by atoms with Crippen LogP contribution in [-0.2, 0) is 10.9 Å². The van der Waals surface area contributed by atoms with Crippen molar-refractivity contribution in [2.45, 2.75) is 24.7 Å². The minimum atomic E-state index is -4.92. The number of ether oxygens (including phenoxy) is 2. The number of amides is 2. The number of urea groups is 1. The van der Waals surface area contributed by atoms with E-state index < -0.39 is 42.4 Å². The Morgan fingerprint density at radius 1 is 1.17 bits per heavy atom. The molecule has 13 heteroatoms. The van der Waals surface area contributed by atoms with Crippen molar-refractivity contribution in [3.05, 3.63) is 53.6 Å². The van der Waals surface area contributed by atoms with Crippen LogP contribution in [0.2, 0.25) is 0 Å². The number of nitrogens with zero attached hydrogens (tertiary/aromatic N) is 3. The fourth-order valence-electron chi connectivity index (χ4n) is 3.30. The molecule has 0 radical (unpaired) electrons. The summed E-state index contributed by atoms with van der Waals surface area (Å²) in [7, 11) is 3.13. The predicted octanol–water partition coefficient (Wildman–Crippen LogP) is 4.84. The van der Waals surface area contributed by atoms with Gasteiger partial charge in [0.25, 0.3) is 0 Å². The molecule has 2 aromatic rings. The molecule has 0 spiro atoms. The lowest BCUT2D eigenvalue weighted by atomic mass is 10.1. The topological polar surface area (TPSA) is 77.8 Å². The second-order valence-corrected chi connectivity index (χ2v) is 7.80. The van der Waals surface area contributed by atoms with Crippen LogP contribution in [0.15, 0.2) is 42.5 Å². The van der Waals surface area contributed by atoms with Gasteiger partial charge in [-0.05, 0) is 42.5 Å². The maximum atomic E-state index is 13.6. The summed E-state index contributed by atoms with van der Waals surface area (Å²) in [6.45, 7) is -0.709. The summed E-state index contributed by atoms with van der Waals surface area (Å²) in [6.07, 6.45) is -13.4. The van der Waals surface area contributed by atoms with Crippen molar-refractivity contribution in [1.82, 2.24) is 4.90 Å². The zero-order valence-electron chi connectivity index (χ0n) is 18.4. The third-order valence-corrected chi connectivity index (χ3v) is 4.99. The van der Waals surface area contributed by atoms with E-state index in [4.69, 9.17) is 14.7 Å². The maximum absolute atomic E-state index is 13.6. The van der Waals surface area contributed by atoms with Crippen molar-refractivity contribution >= 4 is 17.4 Å². The minimum absolute atomic E-state index is 0.288. The number of carbonyl (C=O) groups is 1. The number of hydrogen-bond acceptors (Lipinski definition) is 5. The molecule has 1 aliphatic heterocycles. The molecule has 3 rings (SSSR count). The average molecular weight is 502 g/mol. The number of benzene rings is 2. The molecular formula is C22H20F6N4O3. The van der Waals surface area contributed by atoms with Gasteiger partial charge in [0.2, 0.25) is 6.23 Å². The van der Waals surface area contributed by atoms with Crippen LogP contribution in [0.1, 0.15) is 11.1 Å². The van der Waals surface area contributed by atoms with E-state index in [2.05, 4.69) is 5.32 Å². The van der Waals surface area contributed by atoms with Crippen LogP contribution in [0, 0.1) is 11.3 Å². The number of anilines is 2. The van der Waals surface area contributed by atoms with E-state index in [1.807, 2.05) is 0 Å². The van der Waals surface area contributed by atoms with Gasteiger partial charge in [-0.3, -0.25) is 0 Å². The van der Waals surface area contributed by atoms with Gasteiger partial charge in [-0.15, -0.1) is 0 Å².